The van der Waals surface area contributed by atoms with Crippen molar-refractivity contribution in [2.45, 2.75) is 19.0 Å². The van der Waals surface area contributed by atoms with Crippen LogP contribution < -0.4 is 5.56 Å². The Hall–Kier alpha value is -2.62. The number of rotatable bonds is 4. The Balaban J connectivity index is 1.48. The lowest BCUT2D eigenvalue weighted by Crippen LogP contribution is -2.33. The van der Waals surface area contributed by atoms with Gasteiger partial charge < -0.3 is 0 Å². The molecule has 140 valence electrons. The number of nitrogens with zero attached hydrogens (tertiary/aromatic N) is 4. The first-order valence-electron chi connectivity index (χ1n) is 8.60. The van der Waals surface area contributed by atoms with Crippen molar-refractivity contribution in [3.63, 3.8) is 0 Å². The number of aromatic nitrogens is 2. The van der Waals surface area contributed by atoms with Crippen LogP contribution in [0.3, 0.4) is 0 Å². The molecule has 1 unspecified atom stereocenters. The molecule has 0 saturated carbocycles. The van der Waals surface area contributed by atoms with Crippen molar-refractivity contribution in [2.24, 2.45) is 5.10 Å². The average Bonchev–Trinajstić information content (AvgIpc) is 3.48. The highest BCUT2D eigenvalue weighted by Crippen LogP contribution is 2.36. The summed E-state index contributed by atoms with van der Waals surface area (Å²) in [6.45, 7) is -0.0806. The van der Waals surface area contributed by atoms with Crippen LogP contribution in [-0.4, -0.2) is 26.2 Å². The van der Waals surface area contributed by atoms with E-state index in [-0.39, 0.29) is 24.1 Å². The molecule has 0 bridgehead atoms. The monoisotopic (exact) mass is 426 g/mol. The van der Waals surface area contributed by atoms with Crippen molar-refractivity contribution < 1.29 is 4.79 Å². The lowest BCUT2D eigenvalue weighted by molar-refractivity contribution is -0.133. The van der Waals surface area contributed by atoms with Gasteiger partial charge in [0, 0.05) is 11.3 Å². The number of hydrazone groups is 1. The third-order valence-corrected chi connectivity index (χ3v) is 7.37. The molecular weight excluding hydrogens is 412 g/mol. The molecule has 0 radical (unpaired) electrons. The predicted molar refractivity (Wildman–Crippen MR) is 113 cm³/mol. The summed E-state index contributed by atoms with van der Waals surface area (Å²) in [5.41, 5.74) is 1.37. The lowest BCUT2D eigenvalue weighted by Gasteiger charge is -2.21. The molecule has 6 nitrogen and oxygen atoms in total. The summed E-state index contributed by atoms with van der Waals surface area (Å²) < 4.78 is 1.93. The largest absolute Gasteiger partial charge is 0.288 e. The van der Waals surface area contributed by atoms with Gasteiger partial charge in [-0.2, -0.15) is 5.10 Å². The summed E-state index contributed by atoms with van der Waals surface area (Å²) in [7, 11) is 0. The van der Waals surface area contributed by atoms with E-state index in [4.69, 9.17) is 0 Å². The molecule has 5 heterocycles. The number of thiophene rings is 3. The first kappa shape index (κ1) is 17.5. The molecule has 9 heteroatoms. The van der Waals surface area contributed by atoms with Crippen LogP contribution in [-0.2, 0) is 11.3 Å². The van der Waals surface area contributed by atoms with Gasteiger partial charge >= 0.3 is 0 Å². The van der Waals surface area contributed by atoms with Gasteiger partial charge in [0.1, 0.15) is 11.2 Å². The Kier molecular flexibility index (Phi) is 4.42. The first-order valence-corrected chi connectivity index (χ1v) is 11.2. The van der Waals surface area contributed by atoms with Gasteiger partial charge in [-0.3, -0.25) is 14.2 Å². The zero-order chi connectivity index (χ0) is 19.1. The molecule has 0 aromatic carbocycles. The second-order valence-corrected chi connectivity index (χ2v) is 9.15. The van der Waals surface area contributed by atoms with Gasteiger partial charge in [-0.25, -0.2) is 9.99 Å². The van der Waals surface area contributed by atoms with Gasteiger partial charge in [-0.15, -0.1) is 34.0 Å². The summed E-state index contributed by atoms with van der Waals surface area (Å²) in [5, 5.41) is 12.0. The summed E-state index contributed by atoms with van der Waals surface area (Å²) >= 11 is 4.56. The normalized spacial score (nSPS) is 16.6. The summed E-state index contributed by atoms with van der Waals surface area (Å²) in [6, 6.07) is 9.66. The van der Waals surface area contributed by atoms with Crippen LogP contribution in [0.15, 0.2) is 62.7 Å². The fourth-order valence-corrected chi connectivity index (χ4v) is 5.57. The third kappa shape index (κ3) is 3.01. The van der Waals surface area contributed by atoms with Crippen molar-refractivity contribution in [1.82, 2.24) is 14.6 Å². The maximum atomic E-state index is 13.1. The molecule has 4 aromatic heterocycles. The van der Waals surface area contributed by atoms with E-state index in [9.17, 15) is 9.59 Å². The Morgan fingerprint density at radius 1 is 1.11 bits per heavy atom. The molecule has 0 saturated heterocycles. The van der Waals surface area contributed by atoms with Gasteiger partial charge in [0.05, 0.1) is 28.5 Å². The Morgan fingerprint density at radius 3 is 2.75 bits per heavy atom. The number of hydrogen-bond donors (Lipinski definition) is 0. The Labute approximate surface area is 172 Å². The van der Waals surface area contributed by atoms with Gasteiger partial charge in [0.2, 0.25) is 0 Å². The molecular formula is C19H14N4O2S3. The van der Waals surface area contributed by atoms with Gasteiger partial charge in [-0.05, 0) is 34.3 Å². The van der Waals surface area contributed by atoms with Gasteiger partial charge in [0.25, 0.3) is 11.5 Å². The van der Waals surface area contributed by atoms with Crippen LogP contribution in [0.2, 0.25) is 0 Å². The van der Waals surface area contributed by atoms with E-state index < -0.39 is 0 Å². The van der Waals surface area contributed by atoms with Crippen LogP contribution in [0.4, 0.5) is 0 Å². The number of hydrogen-bond acceptors (Lipinski definition) is 7. The highest BCUT2D eigenvalue weighted by Gasteiger charge is 2.34. The Bertz CT molecular complexity index is 1220. The second kappa shape index (κ2) is 7.08. The molecule has 0 fully saturated rings. The van der Waals surface area contributed by atoms with Crippen LogP contribution in [0.25, 0.3) is 10.2 Å². The molecule has 0 spiro atoms. The SMILES string of the molecule is O=C(Cn1cnc2ccsc2c1=O)N1N=C(c2cccs2)CC1c1cccs1. The van der Waals surface area contributed by atoms with Crippen molar-refractivity contribution in [3.8, 4) is 0 Å². The van der Waals surface area contributed by atoms with E-state index >= 15 is 0 Å². The minimum atomic E-state index is -0.218. The molecule has 0 aliphatic carbocycles. The standard InChI is InChI=1S/C19H14N4O2S3/c24-17(10-22-11-20-12-5-8-28-18(12)19(22)25)23-14(16-4-2-7-27-16)9-13(21-23)15-3-1-6-26-15/h1-8,11,14H,9-10H2. The molecule has 5 rings (SSSR count). The smallest absolute Gasteiger partial charge is 0.271 e. The zero-order valence-corrected chi connectivity index (χ0v) is 17.0. The van der Waals surface area contributed by atoms with E-state index in [1.807, 2.05) is 40.4 Å². The minimum Gasteiger partial charge on any atom is -0.288 e. The number of carbonyl (C=O) groups is 1. The predicted octanol–water partition coefficient (Wildman–Crippen LogP) is 3.96. The van der Waals surface area contributed by atoms with Crippen LogP contribution in [0.1, 0.15) is 22.2 Å². The molecule has 4 aromatic rings. The summed E-state index contributed by atoms with van der Waals surface area (Å²) in [4.78, 5) is 32.2. The minimum absolute atomic E-state index is 0.0806. The molecule has 1 amide bonds. The van der Waals surface area contributed by atoms with Gasteiger partial charge in [-0.1, -0.05) is 12.1 Å². The van der Waals surface area contributed by atoms with E-state index in [0.29, 0.717) is 16.6 Å². The van der Waals surface area contributed by atoms with E-state index in [1.165, 1.54) is 27.2 Å². The van der Waals surface area contributed by atoms with E-state index in [0.717, 1.165) is 15.5 Å². The van der Waals surface area contributed by atoms with Crippen molar-refractivity contribution in [3.05, 3.63) is 72.9 Å². The maximum Gasteiger partial charge on any atom is 0.271 e. The fraction of sp³-hybridized carbons (Fsp3) is 0.158. The maximum absolute atomic E-state index is 13.1. The van der Waals surface area contributed by atoms with Gasteiger partial charge in [0.15, 0.2) is 0 Å². The Morgan fingerprint density at radius 2 is 1.96 bits per heavy atom. The quantitative estimate of drug-likeness (QED) is 0.496. The lowest BCUT2D eigenvalue weighted by atomic mass is 10.1. The molecule has 0 N–H and O–H groups in total. The van der Waals surface area contributed by atoms with Crippen LogP contribution >= 0.6 is 34.0 Å². The number of amides is 1. The summed E-state index contributed by atoms with van der Waals surface area (Å²) in [6.07, 6.45) is 2.11. The zero-order valence-electron chi connectivity index (χ0n) is 14.5. The first-order chi connectivity index (χ1) is 13.7. The van der Waals surface area contributed by atoms with E-state index in [2.05, 4.69) is 10.1 Å². The fourth-order valence-electron chi connectivity index (χ4n) is 3.24. The molecule has 28 heavy (non-hydrogen) atoms. The number of fused-ring (bicyclic) bond motifs is 1. The average molecular weight is 427 g/mol. The number of carbonyl (C=O) groups excluding carboxylic acids is 1. The second-order valence-electron chi connectivity index (χ2n) is 6.31. The highest BCUT2D eigenvalue weighted by atomic mass is 32.1. The topological polar surface area (TPSA) is 67.6 Å². The molecule has 1 atom stereocenters. The van der Waals surface area contributed by atoms with Crippen molar-refractivity contribution in [2.75, 3.05) is 0 Å². The van der Waals surface area contributed by atoms with Crippen molar-refractivity contribution >= 4 is 55.8 Å². The molecule has 1 aliphatic rings. The van der Waals surface area contributed by atoms with E-state index in [1.54, 1.807) is 28.7 Å². The van der Waals surface area contributed by atoms with Crippen LogP contribution in [0, 0.1) is 0 Å². The molecule has 1 aliphatic heterocycles. The van der Waals surface area contributed by atoms with Crippen molar-refractivity contribution in [1.29, 1.82) is 0 Å². The van der Waals surface area contributed by atoms with Crippen LogP contribution in [0.5, 0.6) is 0 Å². The third-order valence-electron chi connectivity index (χ3n) is 4.58. The highest BCUT2D eigenvalue weighted by molar-refractivity contribution is 7.17. The summed E-state index contributed by atoms with van der Waals surface area (Å²) in [5.74, 6) is -0.218.